The van der Waals surface area contributed by atoms with Crippen molar-refractivity contribution in [3.8, 4) is 0 Å². The van der Waals surface area contributed by atoms with Gasteiger partial charge in [-0.2, -0.15) is 0 Å². The van der Waals surface area contributed by atoms with Gasteiger partial charge in [0.2, 0.25) is 0 Å². The topological polar surface area (TPSA) is 46.2 Å². The predicted molar refractivity (Wildman–Crippen MR) is 74.2 cm³/mol. The molecule has 0 fully saturated rings. The Morgan fingerprint density at radius 1 is 0.889 bits per heavy atom. The minimum Gasteiger partial charge on any atom is -0.386 e. The van der Waals surface area contributed by atoms with Crippen molar-refractivity contribution < 1.29 is 5.11 Å². The summed E-state index contributed by atoms with van der Waals surface area (Å²) in [6.45, 7) is 4.01. The van der Waals surface area contributed by atoms with E-state index in [9.17, 15) is 5.11 Å². The Hall–Kier alpha value is -1.64. The van der Waals surface area contributed by atoms with Crippen LogP contribution >= 0.6 is 0 Å². The van der Waals surface area contributed by atoms with Gasteiger partial charge in [-0.3, -0.25) is 0 Å². The summed E-state index contributed by atoms with van der Waals surface area (Å²) in [5.41, 5.74) is 10.2. The molecule has 0 spiro atoms. The van der Waals surface area contributed by atoms with Gasteiger partial charge in [0.05, 0.1) is 12.1 Å². The van der Waals surface area contributed by atoms with Crippen LogP contribution in [-0.4, -0.2) is 5.11 Å². The molecule has 2 rings (SSSR count). The normalized spacial score (nSPS) is 14.2. The van der Waals surface area contributed by atoms with Crippen molar-refractivity contribution in [2.75, 3.05) is 0 Å². The van der Waals surface area contributed by atoms with Gasteiger partial charge in [0.1, 0.15) is 0 Å². The predicted octanol–water partition coefficient (Wildman–Crippen LogP) is 3.04. The maximum Gasteiger partial charge on any atom is 0.0987 e. The highest BCUT2D eigenvalue weighted by atomic mass is 16.3. The van der Waals surface area contributed by atoms with Crippen LogP contribution in [0, 0.1) is 13.8 Å². The number of hydrogen-bond acceptors (Lipinski definition) is 2. The van der Waals surface area contributed by atoms with Crippen LogP contribution in [0.25, 0.3) is 0 Å². The quantitative estimate of drug-likeness (QED) is 0.867. The molecule has 2 aromatic carbocycles. The summed E-state index contributed by atoms with van der Waals surface area (Å²) in [5, 5.41) is 10.5. The van der Waals surface area contributed by atoms with Crippen LogP contribution in [0.5, 0.6) is 0 Å². The van der Waals surface area contributed by atoms with E-state index in [1.54, 1.807) is 0 Å². The second kappa shape index (κ2) is 5.34. The Balaban J connectivity index is 2.34. The first-order chi connectivity index (χ1) is 8.61. The van der Waals surface area contributed by atoms with E-state index in [0.717, 1.165) is 22.3 Å². The van der Waals surface area contributed by atoms with Crippen molar-refractivity contribution in [3.05, 3.63) is 70.8 Å². The number of rotatable bonds is 3. The fraction of sp³-hybridized carbons (Fsp3) is 0.250. The molecule has 0 amide bonds. The third kappa shape index (κ3) is 2.45. The van der Waals surface area contributed by atoms with E-state index in [0.29, 0.717) is 0 Å². The van der Waals surface area contributed by atoms with E-state index in [-0.39, 0.29) is 0 Å². The molecule has 2 atom stereocenters. The van der Waals surface area contributed by atoms with Crippen LogP contribution in [-0.2, 0) is 0 Å². The van der Waals surface area contributed by atoms with Crippen LogP contribution in [0.4, 0.5) is 0 Å². The lowest BCUT2D eigenvalue weighted by atomic mass is 9.91. The Morgan fingerprint density at radius 2 is 1.44 bits per heavy atom. The third-order valence-electron chi connectivity index (χ3n) is 3.36. The summed E-state index contributed by atoms with van der Waals surface area (Å²) >= 11 is 0. The third-order valence-corrected chi connectivity index (χ3v) is 3.36. The lowest BCUT2D eigenvalue weighted by Crippen LogP contribution is -2.21. The molecule has 0 aliphatic carbocycles. The van der Waals surface area contributed by atoms with Gasteiger partial charge in [-0.05, 0) is 36.1 Å². The first-order valence-corrected chi connectivity index (χ1v) is 6.16. The van der Waals surface area contributed by atoms with Gasteiger partial charge < -0.3 is 10.8 Å². The van der Waals surface area contributed by atoms with Crippen LogP contribution < -0.4 is 5.73 Å². The fourth-order valence-electron chi connectivity index (χ4n) is 2.33. The van der Waals surface area contributed by atoms with Gasteiger partial charge in [-0.25, -0.2) is 0 Å². The summed E-state index contributed by atoms with van der Waals surface area (Å²) in [4.78, 5) is 0. The molecule has 2 unspecified atom stereocenters. The molecular formula is C16H19NO. The number of hydrogen-bond donors (Lipinski definition) is 2. The molecule has 3 N–H and O–H groups in total. The summed E-state index contributed by atoms with van der Waals surface area (Å²) in [6, 6.07) is 15.3. The zero-order valence-corrected chi connectivity index (χ0v) is 10.8. The highest BCUT2D eigenvalue weighted by molar-refractivity contribution is 5.37. The maximum atomic E-state index is 10.5. The average molecular weight is 241 g/mol. The number of nitrogens with two attached hydrogens (primary N) is 1. The zero-order chi connectivity index (χ0) is 13.1. The molecule has 2 aromatic rings. The molecule has 0 heterocycles. The average Bonchev–Trinajstić information content (AvgIpc) is 2.38. The first-order valence-electron chi connectivity index (χ1n) is 6.16. The molecule has 0 saturated heterocycles. The summed E-state index contributed by atoms with van der Waals surface area (Å²) in [5.74, 6) is 0. The fourth-order valence-corrected chi connectivity index (χ4v) is 2.33. The summed E-state index contributed by atoms with van der Waals surface area (Å²) < 4.78 is 0. The minimum atomic E-state index is -0.673. The highest BCUT2D eigenvalue weighted by Gasteiger charge is 2.21. The Labute approximate surface area is 108 Å². The zero-order valence-electron chi connectivity index (χ0n) is 10.8. The maximum absolute atomic E-state index is 10.5. The van der Waals surface area contributed by atoms with Crippen LogP contribution in [0.15, 0.2) is 48.5 Å². The van der Waals surface area contributed by atoms with E-state index >= 15 is 0 Å². The molecule has 0 radical (unpaired) electrons. The monoisotopic (exact) mass is 241 g/mol. The molecule has 0 aliphatic rings. The number of aliphatic hydroxyl groups excluding tert-OH is 1. The minimum absolute atomic E-state index is 0.397. The van der Waals surface area contributed by atoms with Crippen molar-refractivity contribution in [2.45, 2.75) is 26.0 Å². The lowest BCUT2D eigenvalue weighted by molar-refractivity contribution is 0.145. The second-order valence-corrected chi connectivity index (χ2v) is 4.69. The Bertz CT molecular complexity index is 502. The number of aryl methyl sites for hydroxylation is 2. The molecule has 2 heteroatoms. The van der Waals surface area contributed by atoms with Gasteiger partial charge >= 0.3 is 0 Å². The SMILES string of the molecule is Cc1cccc(C)c1C(O)C(N)c1ccccc1. The van der Waals surface area contributed by atoms with Gasteiger partial charge in [0.25, 0.3) is 0 Å². The smallest absolute Gasteiger partial charge is 0.0987 e. The second-order valence-electron chi connectivity index (χ2n) is 4.69. The molecule has 0 bridgehead atoms. The molecule has 0 aliphatic heterocycles. The molecule has 18 heavy (non-hydrogen) atoms. The molecule has 2 nitrogen and oxygen atoms in total. The van der Waals surface area contributed by atoms with Crippen molar-refractivity contribution in [1.82, 2.24) is 0 Å². The molecule has 94 valence electrons. The van der Waals surface area contributed by atoms with Crippen LogP contribution in [0.3, 0.4) is 0 Å². The van der Waals surface area contributed by atoms with E-state index in [1.807, 2.05) is 62.4 Å². The van der Waals surface area contributed by atoms with E-state index < -0.39 is 12.1 Å². The largest absolute Gasteiger partial charge is 0.386 e. The molecular weight excluding hydrogens is 222 g/mol. The Kier molecular flexibility index (Phi) is 3.80. The van der Waals surface area contributed by atoms with Crippen molar-refractivity contribution in [3.63, 3.8) is 0 Å². The highest BCUT2D eigenvalue weighted by Crippen LogP contribution is 2.30. The summed E-state index contributed by atoms with van der Waals surface area (Å²) in [7, 11) is 0. The van der Waals surface area contributed by atoms with Crippen molar-refractivity contribution >= 4 is 0 Å². The molecule has 0 saturated carbocycles. The van der Waals surface area contributed by atoms with E-state index in [2.05, 4.69) is 0 Å². The van der Waals surface area contributed by atoms with E-state index in [4.69, 9.17) is 5.73 Å². The van der Waals surface area contributed by atoms with Gasteiger partial charge in [-0.1, -0.05) is 48.5 Å². The van der Waals surface area contributed by atoms with Crippen LogP contribution in [0.1, 0.15) is 34.4 Å². The standard InChI is InChI=1S/C16H19NO/c1-11-7-6-8-12(2)14(11)16(18)15(17)13-9-4-3-5-10-13/h3-10,15-16,18H,17H2,1-2H3. The lowest BCUT2D eigenvalue weighted by Gasteiger charge is -2.23. The molecule has 0 aromatic heterocycles. The van der Waals surface area contributed by atoms with Gasteiger partial charge in [0, 0.05) is 0 Å². The Morgan fingerprint density at radius 3 is 2.00 bits per heavy atom. The van der Waals surface area contributed by atoms with Gasteiger partial charge in [0.15, 0.2) is 0 Å². The summed E-state index contributed by atoms with van der Waals surface area (Å²) in [6.07, 6.45) is -0.673. The number of benzene rings is 2. The van der Waals surface area contributed by atoms with Gasteiger partial charge in [-0.15, -0.1) is 0 Å². The first kappa shape index (κ1) is 12.8. The van der Waals surface area contributed by atoms with Crippen LogP contribution in [0.2, 0.25) is 0 Å². The van der Waals surface area contributed by atoms with Crippen molar-refractivity contribution in [1.29, 1.82) is 0 Å². The van der Waals surface area contributed by atoms with E-state index in [1.165, 1.54) is 0 Å². The van der Waals surface area contributed by atoms with Crippen molar-refractivity contribution in [2.24, 2.45) is 5.73 Å². The number of aliphatic hydroxyl groups is 1.